The van der Waals surface area contributed by atoms with Crippen LogP contribution in [-0.4, -0.2) is 72.7 Å². The van der Waals surface area contributed by atoms with Gasteiger partial charge < -0.3 is 25.5 Å². The maximum atomic E-state index is 13.2. The first-order valence-corrected chi connectivity index (χ1v) is 15.6. The third-order valence-corrected chi connectivity index (χ3v) is 9.05. The summed E-state index contributed by atoms with van der Waals surface area (Å²) in [5.41, 5.74) is 4.50. The van der Waals surface area contributed by atoms with Gasteiger partial charge in [0.05, 0.1) is 11.8 Å². The van der Waals surface area contributed by atoms with E-state index in [9.17, 15) is 14.7 Å². The van der Waals surface area contributed by atoms with Crippen molar-refractivity contribution in [1.82, 2.24) is 15.2 Å². The molecule has 41 heavy (non-hydrogen) atoms. The van der Waals surface area contributed by atoms with E-state index >= 15 is 0 Å². The Bertz CT molecular complexity index is 1220. The highest BCUT2D eigenvalue weighted by molar-refractivity contribution is 5.81. The number of carboxylic acid groups (broad SMARTS) is 1. The van der Waals surface area contributed by atoms with Crippen molar-refractivity contribution in [1.29, 1.82) is 0 Å². The third-order valence-electron chi connectivity index (χ3n) is 9.05. The average molecular weight is 562 g/mol. The van der Waals surface area contributed by atoms with Crippen LogP contribution in [0.2, 0.25) is 0 Å². The van der Waals surface area contributed by atoms with Crippen molar-refractivity contribution >= 4 is 23.4 Å². The zero-order chi connectivity index (χ0) is 28.8. The van der Waals surface area contributed by atoms with Gasteiger partial charge in [0.1, 0.15) is 5.82 Å². The maximum Gasteiger partial charge on any atom is 0.312 e. The zero-order valence-electron chi connectivity index (χ0n) is 24.8. The van der Waals surface area contributed by atoms with E-state index in [4.69, 9.17) is 4.98 Å². The van der Waals surface area contributed by atoms with Crippen LogP contribution in [0.3, 0.4) is 0 Å². The van der Waals surface area contributed by atoms with Crippen LogP contribution in [0.1, 0.15) is 75.1 Å². The standard InChI is InChI=1S/C33H47N5O3/c1-33(2)15-7-19-38(23-33)28-12-3-8-25(20-28)29(32(40)41)21-35-31(39)26-10-5-17-37(22-26)18-6-11-27-14-13-24-9-4-16-34-30(24)36-27/h3,8,12-14,20,26,29H,4-7,9-11,15-19,21-23H2,1-2H3,(H,34,36)(H,35,39)(H,40,41)/t26-,29+/m1/s1. The Labute approximate surface area is 244 Å². The lowest BCUT2D eigenvalue weighted by Crippen LogP contribution is -2.44. The van der Waals surface area contributed by atoms with Crippen molar-refractivity contribution in [3.63, 3.8) is 0 Å². The number of likely N-dealkylation sites (tertiary alicyclic amines) is 1. The first-order valence-electron chi connectivity index (χ1n) is 15.6. The van der Waals surface area contributed by atoms with Gasteiger partial charge in [0, 0.05) is 44.1 Å². The van der Waals surface area contributed by atoms with Gasteiger partial charge in [-0.15, -0.1) is 0 Å². The van der Waals surface area contributed by atoms with Gasteiger partial charge in [-0.2, -0.15) is 0 Å². The minimum Gasteiger partial charge on any atom is -0.481 e. The van der Waals surface area contributed by atoms with E-state index < -0.39 is 11.9 Å². The number of rotatable bonds is 10. The van der Waals surface area contributed by atoms with E-state index in [0.29, 0.717) is 0 Å². The summed E-state index contributed by atoms with van der Waals surface area (Å²) in [5.74, 6) is -0.763. The molecule has 0 radical (unpaired) electrons. The molecule has 8 nitrogen and oxygen atoms in total. The molecule has 1 aromatic heterocycles. The molecule has 2 fully saturated rings. The molecule has 3 aliphatic rings. The SMILES string of the molecule is CC1(C)CCCN(c2cccc([C@H](CNC(=O)[C@@H]3CCCN(CCCc4ccc5c(n4)NCCC5)C3)C(=O)O)c2)C1. The van der Waals surface area contributed by atoms with Crippen molar-refractivity contribution in [2.75, 3.05) is 56.0 Å². The number of hydrogen-bond acceptors (Lipinski definition) is 6. The number of benzene rings is 1. The Hall–Kier alpha value is -3.13. The van der Waals surface area contributed by atoms with Crippen molar-refractivity contribution in [2.45, 2.75) is 71.1 Å². The number of carbonyl (C=O) groups excluding carboxylic acids is 1. The Morgan fingerprint density at radius 2 is 2.05 bits per heavy atom. The predicted octanol–water partition coefficient (Wildman–Crippen LogP) is 4.70. The van der Waals surface area contributed by atoms with Crippen LogP contribution < -0.4 is 15.5 Å². The lowest BCUT2D eigenvalue weighted by atomic mass is 9.84. The maximum absolute atomic E-state index is 13.2. The van der Waals surface area contributed by atoms with Crippen molar-refractivity contribution in [3.8, 4) is 0 Å². The van der Waals surface area contributed by atoms with E-state index in [1.54, 1.807) is 0 Å². The summed E-state index contributed by atoms with van der Waals surface area (Å²) in [5, 5.41) is 16.5. The topological polar surface area (TPSA) is 97.8 Å². The highest BCUT2D eigenvalue weighted by Gasteiger charge is 2.29. The largest absolute Gasteiger partial charge is 0.481 e. The van der Waals surface area contributed by atoms with Crippen molar-refractivity contribution in [3.05, 3.63) is 53.2 Å². The Morgan fingerprint density at radius 1 is 1.17 bits per heavy atom. The predicted molar refractivity (Wildman–Crippen MR) is 164 cm³/mol. The Kier molecular flexibility index (Phi) is 9.48. The van der Waals surface area contributed by atoms with Crippen LogP contribution in [0.15, 0.2) is 36.4 Å². The number of nitrogens with one attached hydrogen (secondary N) is 2. The highest BCUT2D eigenvalue weighted by atomic mass is 16.4. The monoisotopic (exact) mass is 561 g/mol. The molecule has 0 saturated carbocycles. The highest BCUT2D eigenvalue weighted by Crippen LogP contribution is 2.33. The molecule has 0 aliphatic carbocycles. The lowest BCUT2D eigenvalue weighted by molar-refractivity contribution is -0.138. The van der Waals surface area contributed by atoms with Gasteiger partial charge in [0.25, 0.3) is 0 Å². The first kappa shape index (κ1) is 29.4. The minimum atomic E-state index is -0.905. The van der Waals surface area contributed by atoms with Gasteiger partial charge in [-0.05, 0) is 99.2 Å². The smallest absolute Gasteiger partial charge is 0.312 e. The van der Waals surface area contributed by atoms with E-state index in [0.717, 1.165) is 101 Å². The fourth-order valence-corrected chi connectivity index (χ4v) is 6.74. The number of aliphatic carboxylic acids is 1. The number of anilines is 2. The number of piperidine rings is 2. The fourth-order valence-electron chi connectivity index (χ4n) is 6.74. The molecule has 2 aromatic rings. The van der Waals surface area contributed by atoms with E-state index in [-0.39, 0.29) is 23.8 Å². The van der Waals surface area contributed by atoms with Crippen LogP contribution in [0.4, 0.5) is 11.5 Å². The number of carboxylic acids is 1. The molecule has 4 heterocycles. The third kappa shape index (κ3) is 7.79. The number of fused-ring (bicyclic) bond motifs is 1. The first-order chi connectivity index (χ1) is 19.8. The molecule has 0 bridgehead atoms. The second kappa shape index (κ2) is 13.2. The number of aryl methyl sites for hydroxylation is 2. The second-order valence-corrected chi connectivity index (χ2v) is 13.0. The summed E-state index contributed by atoms with van der Waals surface area (Å²) >= 11 is 0. The van der Waals surface area contributed by atoms with Crippen molar-refractivity contribution < 1.29 is 14.7 Å². The summed E-state index contributed by atoms with van der Waals surface area (Å²) < 4.78 is 0. The number of pyridine rings is 1. The molecule has 222 valence electrons. The number of amides is 1. The fraction of sp³-hybridized carbons (Fsp3) is 0.606. The molecule has 2 saturated heterocycles. The Morgan fingerprint density at radius 3 is 2.88 bits per heavy atom. The molecular weight excluding hydrogens is 514 g/mol. The number of hydrogen-bond donors (Lipinski definition) is 3. The number of nitrogens with zero attached hydrogens (tertiary/aromatic N) is 3. The van der Waals surface area contributed by atoms with Crippen LogP contribution in [0, 0.1) is 11.3 Å². The molecule has 8 heteroatoms. The van der Waals surface area contributed by atoms with E-state index in [1.165, 1.54) is 18.4 Å². The van der Waals surface area contributed by atoms with Crippen molar-refractivity contribution in [2.24, 2.45) is 11.3 Å². The quantitative estimate of drug-likeness (QED) is 0.387. The molecule has 1 amide bonds. The summed E-state index contributed by atoms with van der Waals surface area (Å²) in [6.07, 6.45) is 8.37. The Balaban J connectivity index is 1.11. The van der Waals surface area contributed by atoms with Crippen LogP contribution in [0.5, 0.6) is 0 Å². The van der Waals surface area contributed by atoms with Crippen LogP contribution in [0.25, 0.3) is 0 Å². The van der Waals surface area contributed by atoms with Gasteiger partial charge in [-0.25, -0.2) is 4.98 Å². The van der Waals surface area contributed by atoms with Gasteiger partial charge >= 0.3 is 5.97 Å². The average Bonchev–Trinajstić information content (AvgIpc) is 2.97. The summed E-state index contributed by atoms with van der Waals surface area (Å²) in [6, 6.07) is 12.2. The van der Waals surface area contributed by atoms with Crippen LogP contribution >= 0.6 is 0 Å². The van der Waals surface area contributed by atoms with E-state index in [1.807, 2.05) is 18.2 Å². The molecule has 0 unspecified atom stereocenters. The van der Waals surface area contributed by atoms with E-state index in [2.05, 4.69) is 52.5 Å². The summed E-state index contributed by atoms with van der Waals surface area (Å²) in [7, 11) is 0. The zero-order valence-corrected chi connectivity index (χ0v) is 24.8. The summed E-state index contributed by atoms with van der Waals surface area (Å²) in [6.45, 7) is 10.3. The van der Waals surface area contributed by atoms with Gasteiger partial charge in [-0.1, -0.05) is 32.0 Å². The summed E-state index contributed by atoms with van der Waals surface area (Å²) in [4.78, 5) is 35.0. The van der Waals surface area contributed by atoms with Crippen LogP contribution in [-0.2, 0) is 22.4 Å². The number of aromatic nitrogens is 1. The second-order valence-electron chi connectivity index (χ2n) is 13.0. The van der Waals surface area contributed by atoms with Gasteiger partial charge in [0.15, 0.2) is 0 Å². The molecular formula is C33H47N5O3. The van der Waals surface area contributed by atoms with Gasteiger partial charge in [0.2, 0.25) is 5.91 Å². The molecule has 5 rings (SSSR count). The molecule has 3 aliphatic heterocycles. The lowest BCUT2D eigenvalue weighted by Gasteiger charge is -2.39. The minimum absolute atomic E-state index is 0.0303. The normalized spacial score (nSPS) is 21.4. The molecule has 1 aromatic carbocycles. The number of carbonyl (C=O) groups is 2. The molecule has 3 N–H and O–H groups in total. The molecule has 0 spiro atoms. The van der Waals surface area contributed by atoms with Gasteiger partial charge in [-0.3, -0.25) is 9.59 Å². The molecule has 2 atom stereocenters.